The van der Waals surface area contributed by atoms with E-state index in [9.17, 15) is 5.11 Å². The smallest absolute Gasteiger partial charge is 0.164 e. The Morgan fingerprint density at radius 1 is 1.35 bits per heavy atom. The van der Waals surface area contributed by atoms with Gasteiger partial charge in [-0.05, 0) is 55.6 Å². The first kappa shape index (κ1) is 17.0. The van der Waals surface area contributed by atoms with Crippen LogP contribution in [0.3, 0.4) is 0 Å². The molecule has 1 aliphatic heterocycles. The van der Waals surface area contributed by atoms with Gasteiger partial charge in [0.15, 0.2) is 11.4 Å². The SMILES string of the molecule is COc1cc(Br)c(OC)c2c1CC[C@H]1OC(C)(C)O[C@@]21C(C)O. The van der Waals surface area contributed by atoms with Gasteiger partial charge in [-0.2, -0.15) is 0 Å². The molecule has 0 amide bonds. The van der Waals surface area contributed by atoms with Crippen molar-refractivity contribution >= 4 is 15.9 Å². The number of aliphatic hydroxyl groups excluding tert-OH is 1. The predicted octanol–water partition coefficient (Wildman–Crippen LogP) is 3.14. The first-order chi connectivity index (χ1) is 10.8. The van der Waals surface area contributed by atoms with Gasteiger partial charge in [0.2, 0.25) is 0 Å². The average molecular weight is 387 g/mol. The van der Waals surface area contributed by atoms with Crippen LogP contribution in [0.25, 0.3) is 0 Å². The van der Waals surface area contributed by atoms with E-state index >= 15 is 0 Å². The van der Waals surface area contributed by atoms with Gasteiger partial charge in [-0.15, -0.1) is 0 Å². The summed E-state index contributed by atoms with van der Waals surface area (Å²) in [5.74, 6) is 0.649. The number of hydrogen-bond donors (Lipinski definition) is 1. The first-order valence-electron chi connectivity index (χ1n) is 7.76. The van der Waals surface area contributed by atoms with Crippen LogP contribution in [0.4, 0.5) is 0 Å². The van der Waals surface area contributed by atoms with Gasteiger partial charge in [-0.25, -0.2) is 0 Å². The molecule has 1 heterocycles. The Labute approximate surface area is 145 Å². The Bertz CT molecular complexity index is 628. The second-order valence-corrected chi connectivity index (χ2v) is 7.42. The topological polar surface area (TPSA) is 57.2 Å². The summed E-state index contributed by atoms with van der Waals surface area (Å²) in [5, 5.41) is 10.7. The minimum absolute atomic E-state index is 0.238. The summed E-state index contributed by atoms with van der Waals surface area (Å²) in [5.41, 5.74) is 0.855. The number of rotatable bonds is 3. The third-order valence-corrected chi connectivity index (χ3v) is 5.30. The number of fused-ring (bicyclic) bond motifs is 3. The lowest BCUT2D eigenvalue weighted by Crippen LogP contribution is -2.50. The van der Waals surface area contributed by atoms with E-state index in [1.807, 2.05) is 19.9 Å². The molecule has 1 saturated heterocycles. The number of halogens is 1. The maximum absolute atomic E-state index is 10.7. The Morgan fingerprint density at radius 2 is 2.04 bits per heavy atom. The molecule has 6 heteroatoms. The lowest BCUT2D eigenvalue weighted by atomic mass is 9.73. The quantitative estimate of drug-likeness (QED) is 0.864. The molecular weight excluding hydrogens is 364 g/mol. The molecule has 3 rings (SSSR count). The molecule has 0 bridgehead atoms. The van der Waals surface area contributed by atoms with Crippen molar-refractivity contribution in [3.05, 3.63) is 21.7 Å². The maximum atomic E-state index is 10.7. The van der Waals surface area contributed by atoms with Crippen molar-refractivity contribution in [2.75, 3.05) is 14.2 Å². The van der Waals surface area contributed by atoms with E-state index in [2.05, 4.69) is 15.9 Å². The normalized spacial score (nSPS) is 29.6. The van der Waals surface area contributed by atoms with Crippen LogP contribution in [-0.4, -0.2) is 37.3 Å². The van der Waals surface area contributed by atoms with E-state index in [-0.39, 0.29) is 6.10 Å². The molecule has 5 nitrogen and oxygen atoms in total. The fourth-order valence-corrected chi connectivity index (χ4v) is 4.51. The third kappa shape index (κ3) is 2.38. The predicted molar refractivity (Wildman–Crippen MR) is 89.0 cm³/mol. The zero-order valence-corrected chi connectivity index (χ0v) is 15.7. The van der Waals surface area contributed by atoms with E-state index in [1.165, 1.54) is 0 Å². The molecule has 0 radical (unpaired) electrons. The molecule has 1 aromatic rings. The van der Waals surface area contributed by atoms with Crippen LogP contribution >= 0.6 is 15.9 Å². The van der Waals surface area contributed by atoms with Crippen LogP contribution in [-0.2, 0) is 21.5 Å². The zero-order chi connectivity index (χ0) is 17.0. The molecule has 0 saturated carbocycles. The highest BCUT2D eigenvalue weighted by molar-refractivity contribution is 9.10. The number of ether oxygens (including phenoxy) is 4. The summed E-state index contributed by atoms with van der Waals surface area (Å²) in [7, 11) is 3.26. The number of aliphatic hydroxyl groups is 1. The monoisotopic (exact) mass is 386 g/mol. The van der Waals surface area contributed by atoms with Gasteiger partial charge in [0.05, 0.1) is 30.9 Å². The van der Waals surface area contributed by atoms with Gasteiger partial charge in [0.25, 0.3) is 0 Å². The van der Waals surface area contributed by atoms with Crippen molar-refractivity contribution in [2.45, 2.75) is 57.2 Å². The summed E-state index contributed by atoms with van der Waals surface area (Å²) in [6, 6.07) is 1.90. The maximum Gasteiger partial charge on any atom is 0.164 e. The van der Waals surface area contributed by atoms with Gasteiger partial charge in [-0.3, -0.25) is 0 Å². The van der Waals surface area contributed by atoms with E-state index in [4.69, 9.17) is 18.9 Å². The molecule has 3 atom stereocenters. The van der Waals surface area contributed by atoms with Crippen molar-refractivity contribution in [2.24, 2.45) is 0 Å². The van der Waals surface area contributed by atoms with Gasteiger partial charge in [0, 0.05) is 11.1 Å². The van der Waals surface area contributed by atoms with E-state index in [0.29, 0.717) is 5.75 Å². The highest BCUT2D eigenvalue weighted by Crippen LogP contribution is 2.56. The Morgan fingerprint density at radius 3 is 2.61 bits per heavy atom. The minimum Gasteiger partial charge on any atom is -0.496 e. The second-order valence-electron chi connectivity index (χ2n) is 6.56. The molecule has 0 aromatic heterocycles. The second kappa shape index (κ2) is 5.62. The molecule has 23 heavy (non-hydrogen) atoms. The molecule has 1 unspecified atom stereocenters. The Balaban J connectivity index is 2.33. The summed E-state index contributed by atoms with van der Waals surface area (Å²) >= 11 is 3.54. The number of benzene rings is 1. The fourth-order valence-electron chi connectivity index (χ4n) is 3.94. The summed E-state index contributed by atoms with van der Waals surface area (Å²) in [6.07, 6.45) is 0.530. The molecule has 1 N–H and O–H groups in total. The lowest BCUT2D eigenvalue weighted by Gasteiger charge is -2.42. The van der Waals surface area contributed by atoms with Crippen molar-refractivity contribution in [1.29, 1.82) is 0 Å². The fraction of sp³-hybridized carbons (Fsp3) is 0.647. The van der Waals surface area contributed by atoms with Crippen molar-refractivity contribution in [3.63, 3.8) is 0 Å². The van der Waals surface area contributed by atoms with Crippen molar-refractivity contribution in [3.8, 4) is 11.5 Å². The molecule has 1 aromatic carbocycles. The van der Waals surface area contributed by atoms with Crippen LogP contribution < -0.4 is 9.47 Å². The van der Waals surface area contributed by atoms with Crippen LogP contribution in [0.15, 0.2) is 10.5 Å². The summed E-state index contributed by atoms with van der Waals surface area (Å²) in [6.45, 7) is 5.48. The highest BCUT2D eigenvalue weighted by atomic mass is 79.9. The summed E-state index contributed by atoms with van der Waals surface area (Å²) < 4.78 is 24.4. The molecule has 1 aliphatic carbocycles. The van der Waals surface area contributed by atoms with E-state index in [0.717, 1.165) is 34.2 Å². The molecule has 1 fully saturated rings. The van der Waals surface area contributed by atoms with Crippen molar-refractivity contribution < 1.29 is 24.1 Å². The van der Waals surface area contributed by atoms with E-state index in [1.54, 1.807) is 21.1 Å². The first-order valence-corrected chi connectivity index (χ1v) is 8.56. The van der Waals surface area contributed by atoms with Gasteiger partial charge in [0.1, 0.15) is 11.5 Å². The number of methoxy groups -OCH3 is 2. The largest absolute Gasteiger partial charge is 0.496 e. The zero-order valence-electron chi connectivity index (χ0n) is 14.1. The van der Waals surface area contributed by atoms with Gasteiger partial charge < -0.3 is 24.1 Å². The van der Waals surface area contributed by atoms with Crippen LogP contribution in [0.1, 0.15) is 38.3 Å². The van der Waals surface area contributed by atoms with Gasteiger partial charge in [-0.1, -0.05) is 0 Å². The number of hydrogen-bond acceptors (Lipinski definition) is 5. The van der Waals surface area contributed by atoms with Crippen LogP contribution in [0, 0.1) is 0 Å². The Hall–Kier alpha value is -0.820. The van der Waals surface area contributed by atoms with E-state index < -0.39 is 17.5 Å². The van der Waals surface area contributed by atoms with Crippen molar-refractivity contribution in [1.82, 2.24) is 0 Å². The minimum atomic E-state index is -0.973. The summed E-state index contributed by atoms with van der Waals surface area (Å²) in [4.78, 5) is 0. The molecular formula is C17H23BrO5. The van der Waals surface area contributed by atoms with Crippen LogP contribution in [0.5, 0.6) is 11.5 Å². The standard InChI is InChI=1S/C17H23BrO5/c1-9(19)17-13(22-16(2,3)23-17)7-6-10-12(20-4)8-11(18)15(21-5)14(10)17/h8-9,13,19H,6-7H2,1-5H3/t9?,13-,17-/m1/s1. The third-order valence-electron chi connectivity index (χ3n) is 4.71. The van der Waals surface area contributed by atoms with Crippen LogP contribution in [0.2, 0.25) is 0 Å². The molecule has 2 aliphatic rings. The highest BCUT2D eigenvalue weighted by Gasteiger charge is 2.61. The lowest BCUT2D eigenvalue weighted by molar-refractivity contribution is -0.186. The molecule has 128 valence electrons. The average Bonchev–Trinajstić information content (AvgIpc) is 2.77. The van der Waals surface area contributed by atoms with Gasteiger partial charge >= 0.3 is 0 Å². The Kier molecular flexibility index (Phi) is 4.16. The molecule has 0 spiro atoms.